The van der Waals surface area contributed by atoms with Gasteiger partial charge in [-0.1, -0.05) is 0 Å². The Hall–Kier alpha value is -2.18. The predicted octanol–water partition coefficient (Wildman–Crippen LogP) is 4.03. The first kappa shape index (κ1) is 15.2. The van der Waals surface area contributed by atoms with Gasteiger partial charge in [0, 0.05) is 18.8 Å². The van der Waals surface area contributed by atoms with Gasteiger partial charge in [0.2, 0.25) is 0 Å². The summed E-state index contributed by atoms with van der Waals surface area (Å²) in [4.78, 5) is 3.76. The third-order valence-corrected chi connectivity index (χ3v) is 2.73. The van der Waals surface area contributed by atoms with Crippen LogP contribution in [0.25, 0.3) is 0 Å². The van der Waals surface area contributed by atoms with Gasteiger partial charge < -0.3 is 5.32 Å². The van der Waals surface area contributed by atoms with Crippen LogP contribution in [0.15, 0.2) is 36.5 Å². The van der Waals surface area contributed by atoms with E-state index in [1.54, 1.807) is 0 Å². The summed E-state index contributed by atoms with van der Waals surface area (Å²) in [6.45, 7) is 0.206. The van der Waals surface area contributed by atoms with Crippen LogP contribution in [0.4, 0.5) is 27.8 Å². The zero-order chi connectivity index (χ0) is 15.5. The van der Waals surface area contributed by atoms with E-state index in [2.05, 4.69) is 10.3 Å². The number of halogens is 5. The Morgan fingerprint density at radius 1 is 1.00 bits per heavy atom. The molecule has 1 N–H and O–H groups in total. The van der Waals surface area contributed by atoms with Crippen LogP contribution >= 0.6 is 0 Å². The van der Waals surface area contributed by atoms with E-state index < -0.39 is 23.4 Å². The molecule has 0 fully saturated rings. The highest BCUT2D eigenvalue weighted by molar-refractivity contribution is 5.38. The van der Waals surface area contributed by atoms with Gasteiger partial charge in [-0.25, -0.2) is 13.8 Å². The van der Waals surface area contributed by atoms with E-state index in [-0.39, 0.29) is 18.8 Å². The summed E-state index contributed by atoms with van der Waals surface area (Å²) in [6, 6.07) is 4.85. The van der Waals surface area contributed by atoms with Crippen molar-refractivity contribution in [1.29, 1.82) is 0 Å². The van der Waals surface area contributed by atoms with Crippen LogP contribution in [0.3, 0.4) is 0 Å². The molecular weight excluding hydrogens is 291 g/mol. The zero-order valence-electron chi connectivity index (χ0n) is 10.7. The molecule has 2 aromatic rings. The van der Waals surface area contributed by atoms with Gasteiger partial charge >= 0.3 is 6.18 Å². The number of rotatable bonds is 4. The Balaban J connectivity index is 1.97. The zero-order valence-corrected chi connectivity index (χ0v) is 10.7. The third kappa shape index (κ3) is 4.40. The quantitative estimate of drug-likeness (QED) is 0.862. The van der Waals surface area contributed by atoms with Gasteiger partial charge in [-0.05, 0) is 36.2 Å². The molecule has 0 aliphatic heterocycles. The molecule has 0 aliphatic rings. The van der Waals surface area contributed by atoms with Crippen molar-refractivity contribution >= 4 is 5.82 Å². The van der Waals surface area contributed by atoms with E-state index >= 15 is 0 Å². The van der Waals surface area contributed by atoms with Gasteiger partial charge in [0.05, 0.1) is 5.56 Å². The molecule has 0 unspecified atom stereocenters. The monoisotopic (exact) mass is 302 g/mol. The number of hydrogen-bond donors (Lipinski definition) is 1. The first-order valence-electron chi connectivity index (χ1n) is 6.07. The molecule has 1 heterocycles. The van der Waals surface area contributed by atoms with Crippen LogP contribution in [0.5, 0.6) is 0 Å². The van der Waals surface area contributed by atoms with Gasteiger partial charge in [-0.3, -0.25) is 0 Å². The molecule has 0 radical (unpaired) electrons. The summed E-state index contributed by atoms with van der Waals surface area (Å²) in [5.41, 5.74) is -0.399. The molecule has 112 valence electrons. The summed E-state index contributed by atoms with van der Waals surface area (Å²) in [6.07, 6.45) is -3.13. The summed E-state index contributed by atoms with van der Waals surface area (Å²) in [7, 11) is 0. The Labute approximate surface area is 117 Å². The van der Waals surface area contributed by atoms with E-state index in [0.717, 1.165) is 24.4 Å². The minimum Gasteiger partial charge on any atom is -0.370 e. The van der Waals surface area contributed by atoms with Gasteiger partial charge in [0.25, 0.3) is 0 Å². The molecule has 7 heteroatoms. The van der Waals surface area contributed by atoms with E-state index in [4.69, 9.17) is 0 Å². The molecule has 1 aromatic carbocycles. The second kappa shape index (κ2) is 6.07. The number of nitrogens with zero attached hydrogens (tertiary/aromatic N) is 1. The number of aromatic nitrogens is 1. The van der Waals surface area contributed by atoms with Crippen LogP contribution < -0.4 is 5.32 Å². The third-order valence-electron chi connectivity index (χ3n) is 2.73. The number of benzene rings is 1. The van der Waals surface area contributed by atoms with Crippen molar-refractivity contribution in [1.82, 2.24) is 4.98 Å². The largest absolute Gasteiger partial charge is 0.416 e. The summed E-state index contributed by atoms with van der Waals surface area (Å²) in [5, 5.41) is 2.69. The molecule has 0 atom stereocenters. The molecule has 21 heavy (non-hydrogen) atoms. The Kier molecular flexibility index (Phi) is 4.40. The average Bonchev–Trinajstić information content (AvgIpc) is 2.37. The molecule has 0 spiro atoms. The van der Waals surface area contributed by atoms with E-state index in [1.165, 1.54) is 12.1 Å². The second-order valence-corrected chi connectivity index (χ2v) is 4.38. The smallest absolute Gasteiger partial charge is 0.370 e. The lowest BCUT2D eigenvalue weighted by molar-refractivity contribution is -0.137. The lowest BCUT2D eigenvalue weighted by Gasteiger charge is -2.09. The number of nitrogens with one attached hydrogen (secondary N) is 1. The first-order chi connectivity index (χ1) is 9.84. The average molecular weight is 302 g/mol. The first-order valence-corrected chi connectivity index (χ1v) is 6.07. The van der Waals surface area contributed by atoms with Crippen LogP contribution in [0, 0.1) is 11.6 Å². The molecule has 2 rings (SSSR count). The van der Waals surface area contributed by atoms with Crippen LogP contribution in [0.1, 0.15) is 11.1 Å². The van der Waals surface area contributed by atoms with Gasteiger partial charge in [0.15, 0.2) is 0 Å². The molecular formula is C14H11F5N2. The topological polar surface area (TPSA) is 24.9 Å². The van der Waals surface area contributed by atoms with E-state index in [1.807, 2.05) is 0 Å². The highest BCUT2D eigenvalue weighted by atomic mass is 19.4. The van der Waals surface area contributed by atoms with Crippen LogP contribution in [0.2, 0.25) is 0 Å². The number of pyridine rings is 1. The fraction of sp³-hybridized carbons (Fsp3) is 0.214. The summed E-state index contributed by atoms with van der Waals surface area (Å²) < 4.78 is 63.4. The SMILES string of the molecule is Fc1cc(F)cc(CCNc2cc(C(F)(F)F)ccn2)c1. The molecule has 0 saturated carbocycles. The van der Waals surface area contributed by atoms with E-state index in [9.17, 15) is 22.0 Å². The number of alkyl halides is 3. The Morgan fingerprint density at radius 2 is 1.67 bits per heavy atom. The minimum atomic E-state index is -4.44. The maximum absolute atomic E-state index is 13.0. The van der Waals surface area contributed by atoms with Crippen molar-refractivity contribution in [3.8, 4) is 0 Å². The fourth-order valence-corrected chi connectivity index (χ4v) is 1.79. The maximum Gasteiger partial charge on any atom is 0.416 e. The van der Waals surface area contributed by atoms with Gasteiger partial charge in [0.1, 0.15) is 17.5 Å². The van der Waals surface area contributed by atoms with Crippen molar-refractivity contribution in [2.24, 2.45) is 0 Å². The number of hydrogen-bond acceptors (Lipinski definition) is 2. The van der Waals surface area contributed by atoms with Crippen molar-refractivity contribution in [3.63, 3.8) is 0 Å². The van der Waals surface area contributed by atoms with Gasteiger partial charge in [-0.15, -0.1) is 0 Å². The predicted molar refractivity (Wildman–Crippen MR) is 67.8 cm³/mol. The van der Waals surface area contributed by atoms with E-state index in [0.29, 0.717) is 5.56 Å². The molecule has 0 amide bonds. The Morgan fingerprint density at radius 3 is 2.29 bits per heavy atom. The molecule has 0 aliphatic carbocycles. The van der Waals surface area contributed by atoms with Crippen molar-refractivity contribution in [3.05, 3.63) is 59.3 Å². The van der Waals surface area contributed by atoms with Crippen LogP contribution in [-0.2, 0) is 12.6 Å². The minimum absolute atomic E-state index is 0.0571. The summed E-state index contributed by atoms with van der Waals surface area (Å²) >= 11 is 0. The van der Waals surface area contributed by atoms with Crippen molar-refractivity contribution < 1.29 is 22.0 Å². The molecule has 0 bridgehead atoms. The Bertz CT molecular complexity index is 605. The second-order valence-electron chi connectivity index (χ2n) is 4.38. The molecule has 1 aromatic heterocycles. The lowest BCUT2D eigenvalue weighted by Crippen LogP contribution is -2.10. The lowest BCUT2D eigenvalue weighted by atomic mass is 10.1. The van der Waals surface area contributed by atoms with Gasteiger partial charge in [-0.2, -0.15) is 13.2 Å². The van der Waals surface area contributed by atoms with Crippen molar-refractivity contribution in [2.45, 2.75) is 12.6 Å². The standard InChI is InChI=1S/C14H11F5N2/c15-11-5-9(6-12(16)8-11)1-3-20-13-7-10(2-4-21-13)14(17,18)19/h2,4-8H,1,3H2,(H,20,21). The fourth-order valence-electron chi connectivity index (χ4n) is 1.79. The summed E-state index contributed by atoms with van der Waals surface area (Å²) in [5.74, 6) is -1.33. The van der Waals surface area contributed by atoms with Crippen LogP contribution in [-0.4, -0.2) is 11.5 Å². The highest BCUT2D eigenvalue weighted by Gasteiger charge is 2.30. The number of anilines is 1. The molecule has 2 nitrogen and oxygen atoms in total. The normalized spacial score (nSPS) is 11.5. The molecule has 0 saturated heterocycles. The van der Waals surface area contributed by atoms with Crippen molar-refractivity contribution in [2.75, 3.05) is 11.9 Å². The highest BCUT2D eigenvalue weighted by Crippen LogP contribution is 2.29. The maximum atomic E-state index is 13.0.